The monoisotopic (exact) mass is 500 g/mol. The van der Waals surface area contributed by atoms with Gasteiger partial charge in [-0.15, -0.1) is 10.2 Å². The fraction of sp³-hybridized carbons (Fsp3) is 0.682. The van der Waals surface area contributed by atoms with Crippen molar-refractivity contribution in [1.29, 1.82) is 0 Å². The van der Waals surface area contributed by atoms with Gasteiger partial charge in [0, 0.05) is 32.0 Å². The van der Waals surface area contributed by atoms with Gasteiger partial charge in [-0.25, -0.2) is 8.42 Å². The predicted molar refractivity (Wildman–Crippen MR) is 125 cm³/mol. The molecular formula is C22H33ClN4O5S. The largest absolute Gasteiger partial charge is 0.382 e. The lowest BCUT2D eigenvalue weighted by molar-refractivity contribution is 0.0399. The molecule has 3 rings (SSSR count). The highest BCUT2D eigenvalue weighted by Crippen LogP contribution is 2.34. The fourth-order valence-electron chi connectivity index (χ4n) is 4.15. The van der Waals surface area contributed by atoms with Gasteiger partial charge in [-0.3, -0.25) is 4.98 Å². The molecule has 33 heavy (non-hydrogen) atoms. The molecule has 1 saturated heterocycles. The van der Waals surface area contributed by atoms with Crippen LogP contribution in [0.5, 0.6) is 0 Å². The fourth-order valence-corrected chi connectivity index (χ4v) is 5.84. The average molecular weight is 501 g/mol. The molecule has 11 heteroatoms. The van der Waals surface area contributed by atoms with Crippen LogP contribution in [0.4, 0.5) is 0 Å². The lowest BCUT2D eigenvalue weighted by Crippen LogP contribution is -2.29. The summed E-state index contributed by atoms with van der Waals surface area (Å²) in [6.07, 6.45) is 3.11. The second-order valence-electron chi connectivity index (χ2n) is 8.62. The van der Waals surface area contributed by atoms with E-state index in [4.69, 9.17) is 25.8 Å². The molecule has 184 valence electrons. The molecule has 4 atom stereocenters. The molecule has 0 radical (unpaired) electrons. The summed E-state index contributed by atoms with van der Waals surface area (Å²) in [5.74, 6) is 0.389. The van der Waals surface area contributed by atoms with E-state index in [1.165, 1.54) is 6.20 Å². The van der Waals surface area contributed by atoms with Crippen LogP contribution in [0.1, 0.15) is 69.0 Å². The number of hydrogen-bond donors (Lipinski definition) is 0. The number of hydrogen-bond acceptors (Lipinski definition) is 8. The van der Waals surface area contributed by atoms with Gasteiger partial charge in [0.1, 0.15) is 17.7 Å². The molecule has 1 aliphatic rings. The third kappa shape index (κ3) is 6.10. The average Bonchev–Trinajstić information content (AvgIpc) is 3.38. The molecule has 1 fully saturated rings. The maximum absolute atomic E-state index is 13.4. The zero-order chi connectivity index (χ0) is 24.2. The zero-order valence-electron chi connectivity index (χ0n) is 19.8. The Kier molecular flexibility index (Phi) is 8.85. The second kappa shape index (κ2) is 11.2. The lowest BCUT2D eigenvalue weighted by Gasteiger charge is -2.24. The molecule has 0 aromatic carbocycles. The first kappa shape index (κ1) is 26.0. The molecule has 0 aliphatic carbocycles. The van der Waals surface area contributed by atoms with Gasteiger partial charge in [-0.05, 0) is 38.8 Å². The standard InChI is InChI=1S/C22H33ClN4O5S/c1-14-6-9-20(32-14)22-26-25-21(27(22)18(11-30-4)12-31-5)13-33(28,29)16(3)15(2)19-8-7-17(23)10-24-19/h7-8,10,14-16,18,20H,6,9,11-13H2,1-5H3/t14-,15-,16-,20-/m0/s1. The van der Waals surface area contributed by atoms with E-state index in [0.29, 0.717) is 35.6 Å². The summed E-state index contributed by atoms with van der Waals surface area (Å²) in [6, 6.07) is 3.19. The third-order valence-corrected chi connectivity index (χ3v) is 8.64. The molecule has 2 aromatic rings. The summed E-state index contributed by atoms with van der Waals surface area (Å²) in [5, 5.41) is 8.47. The zero-order valence-corrected chi connectivity index (χ0v) is 21.3. The van der Waals surface area contributed by atoms with Crippen molar-refractivity contribution in [1.82, 2.24) is 19.7 Å². The molecule has 1 aliphatic heterocycles. The van der Waals surface area contributed by atoms with Crippen LogP contribution in [0.25, 0.3) is 0 Å². The predicted octanol–water partition coefficient (Wildman–Crippen LogP) is 3.51. The Hall–Kier alpha value is -1.59. The van der Waals surface area contributed by atoms with Gasteiger partial charge in [0.2, 0.25) is 0 Å². The summed E-state index contributed by atoms with van der Waals surface area (Å²) in [5.41, 5.74) is 0.669. The second-order valence-corrected chi connectivity index (χ2v) is 11.4. The van der Waals surface area contributed by atoms with Crippen LogP contribution in [0.3, 0.4) is 0 Å². The van der Waals surface area contributed by atoms with Crippen LogP contribution in [0, 0.1) is 0 Å². The van der Waals surface area contributed by atoms with Gasteiger partial charge in [-0.1, -0.05) is 18.5 Å². The number of ether oxygens (including phenoxy) is 3. The van der Waals surface area contributed by atoms with Crippen LogP contribution in [-0.2, 0) is 29.8 Å². The maximum atomic E-state index is 13.4. The summed E-state index contributed by atoms with van der Waals surface area (Å²) in [6.45, 7) is 6.22. The quantitative estimate of drug-likeness (QED) is 0.461. The molecule has 0 unspecified atom stereocenters. The first-order valence-corrected chi connectivity index (χ1v) is 13.2. The third-order valence-electron chi connectivity index (χ3n) is 6.21. The first-order valence-electron chi connectivity index (χ1n) is 11.1. The number of methoxy groups -OCH3 is 2. The van der Waals surface area contributed by atoms with Crippen molar-refractivity contribution in [2.75, 3.05) is 27.4 Å². The maximum Gasteiger partial charge on any atom is 0.162 e. The van der Waals surface area contributed by atoms with Gasteiger partial charge < -0.3 is 18.8 Å². The minimum Gasteiger partial charge on any atom is -0.382 e. The van der Waals surface area contributed by atoms with Crippen LogP contribution >= 0.6 is 11.6 Å². The molecule has 0 saturated carbocycles. The molecular weight excluding hydrogens is 468 g/mol. The van der Waals surface area contributed by atoms with Crippen molar-refractivity contribution in [2.24, 2.45) is 0 Å². The van der Waals surface area contributed by atoms with Crippen LogP contribution in [0.2, 0.25) is 5.02 Å². The highest BCUT2D eigenvalue weighted by atomic mass is 35.5. The Bertz CT molecular complexity index is 1010. The smallest absolute Gasteiger partial charge is 0.162 e. The van der Waals surface area contributed by atoms with Gasteiger partial charge in [0.25, 0.3) is 0 Å². The van der Waals surface area contributed by atoms with Crippen LogP contribution in [0.15, 0.2) is 18.3 Å². The van der Waals surface area contributed by atoms with Gasteiger partial charge in [-0.2, -0.15) is 0 Å². The van der Waals surface area contributed by atoms with Crippen molar-refractivity contribution in [3.05, 3.63) is 40.7 Å². The van der Waals surface area contributed by atoms with E-state index in [2.05, 4.69) is 15.2 Å². The Balaban J connectivity index is 1.92. The van der Waals surface area contributed by atoms with Crippen LogP contribution in [-0.4, -0.2) is 67.0 Å². The van der Waals surface area contributed by atoms with Gasteiger partial charge in [0.15, 0.2) is 15.7 Å². The summed E-state index contributed by atoms with van der Waals surface area (Å²) < 4.78 is 45.5. The Morgan fingerprint density at radius 2 is 1.88 bits per heavy atom. The van der Waals surface area contributed by atoms with E-state index in [1.54, 1.807) is 33.3 Å². The minimum absolute atomic E-state index is 0.114. The molecule has 0 spiro atoms. The summed E-state index contributed by atoms with van der Waals surface area (Å²) in [4.78, 5) is 4.30. The minimum atomic E-state index is -3.60. The van der Waals surface area contributed by atoms with Crippen molar-refractivity contribution < 1.29 is 22.6 Å². The molecule has 0 amide bonds. The Morgan fingerprint density at radius 3 is 2.42 bits per heavy atom. The number of aromatic nitrogens is 4. The molecule has 2 aromatic heterocycles. The Labute approximate surface area is 200 Å². The van der Waals surface area contributed by atoms with E-state index in [0.717, 1.165) is 12.8 Å². The highest BCUT2D eigenvalue weighted by Gasteiger charge is 2.35. The topological polar surface area (TPSA) is 105 Å². The van der Waals surface area contributed by atoms with Crippen molar-refractivity contribution in [3.8, 4) is 0 Å². The normalized spacial score (nSPS) is 20.9. The number of rotatable bonds is 11. The van der Waals surface area contributed by atoms with Gasteiger partial charge >= 0.3 is 0 Å². The molecule has 0 N–H and O–H groups in total. The van der Waals surface area contributed by atoms with E-state index >= 15 is 0 Å². The lowest BCUT2D eigenvalue weighted by atomic mass is 10.0. The van der Waals surface area contributed by atoms with Crippen molar-refractivity contribution >= 4 is 21.4 Å². The number of sulfone groups is 1. The number of halogens is 1. The van der Waals surface area contributed by atoms with Gasteiger partial charge in [0.05, 0.1) is 35.6 Å². The van der Waals surface area contributed by atoms with E-state index in [9.17, 15) is 8.42 Å². The molecule has 3 heterocycles. The summed E-state index contributed by atoms with van der Waals surface area (Å²) >= 11 is 5.93. The molecule has 0 bridgehead atoms. The van der Waals surface area contributed by atoms with Crippen LogP contribution < -0.4 is 0 Å². The van der Waals surface area contributed by atoms with E-state index in [1.807, 2.05) is 18.4 Å². The van der Waals surface area contributed by atoms with E-state index in [-0.39, 0.29) is 29.9 Å². The van der Waals surface area contributed by atoms with E-state index < -0.39 is 15.1 Å². The van der Waals surface area contributed by atoms with Crippen molar-refractivity contribution in [2.45, 2.75) is 68.8 Å². The number of pyridine rings is 1. The Morgan fingerprint density at radius 1 is 1.18 bits per heavy atom. The van der Waals surface area contributed by atoms with Crippen molar-refractivity contribution in [3.63, 3.8) is 0 Å². The molecule has 9 nitrogen and oxygen atoms in total. The highest BCUT2D eigenvalue weighted by molar-refractivity contribution is 7.91. The number of nitrogens with zero attached hydrogens (tertiary/aromatic N) is 4. The summed E-state index contributed by atoms with van der Waals surface area (Å²) in [7, 11) is -0.402. The first-order chi connectivity index (χ1) is 15.7. The SMILES string of the molecule is COCC(COC)n1c(CS(=O)(=O)[C@@H](C)[C@H](C)c2ccc(Cl)cn2)nnc1[C@@H]1CC[C@H](C)O1.